The van der Waals surface area contributed by atoms with Gasteiger partial charge in [-0.15, -0.1) is 11.3 Å². The molecule has 0 unspecified atom stereocenters. The largest absolute Gasteiger partial charge is 0.383 e. The molecule has 3 rings (SSSR count). The Hall–Kier alpha value is -1.14. The molecule has 18 heavy (non-hydrogen) atoms. The fourth-order valence-electron chi connectivity index (χ4n) is 2.16. The number of thiophene rings is 1. The van der Waals surface area contributed by atoms with Crippen LogP contribution in [0.5, 0.6) is 0 Å². The van der Waals surface area contributed by atoms with Gasteiger partial charge in [0.15, 0.2) is 0 Å². The molecule has 0 saturated carbocycles. The molecule has 0 spiro atoms. The number of anilines is 2. The molecular weight excluding hydrogens is 312 g/mol. The molecule has 0 atom stereocenters. The van der Waals surface area contributed by atoms with Gasteiger partial charge in [-0.25, -0.2) is 4.98 Å². The van der Waals surface area contributed by atoms with Crippen molar-refractivity contribution in [3.8, 4) is 0 Å². The molecule has 94 valence electrons. The first kappa shape index (κ1) is 11.9. The minimum Gasteiger partial charge on any atom is -0.383 e. The molecule has 2 heterocycles. The average Bonchev–Trinajstić information content (AvgIpc) is 2.84. The lowest BCUT2D eigenvalue weighted by atomic mass is 10.2. The molecule has 6 heteroatoms. The molecule has 3 N–H and O–H groups in total. The molecule has 2 aromatic rings. The molecule has 0 aromatic carbocycles. The maximum atomic E-state index is 5.67. The van der Waals surface area contributed by atoms with E-state index in [0.717, 1.165) is 6.54 Å². The van der Waals surface area contributed by atoms with Crippen LogP contribution in [0.4, 0.5) is 11.8 Å². The zero-order valence-electron chi connectivity index (χ0n) is 9.74. The number of rotatable bonds is 3. The topological polar surface area (TPSA) is 63.8 Å². The number of aryl methyl sites for hydroxylation is 2. The first-order valence-corrected chi connectivity index (χ1v) is 7.46. The number of hydrogen-bond donors (Lipinski definition) is 2. The van der Waals surface area contributed by atoms with Crippen LogP contribution in [0.3, 0.4) is 0 Å². The van der Waals surface area contributed by atoms with Crippen LogP contribution in [0, 0.1) is 0 Å². The summed E-state index contributed by atoms with van der Waals surface area (Å²) in [7, 11) is 0. The number of halogens is 1. The Morgan fingerprint density at radius 3 is 3.00 bits per heavy atom. The van der Waals surface area contributed by atoms with Gasteiger partial charge in [-0.3, -0.25) is 0 Å². The second-order valence-electron chi connectivity index (χ2n) is 4.31. The van der Waals surface area contributed by atoms with E-state index in [2.05, 4.69) is 37.3 Å². The smallest absolute Gasteiger partial charge is 0.226 e. The van der Waals surface area contributed by atoms with E-state index in [1.165, 1.54) is 29.7 Å². The summed E-state index contributed by atoms with van der Waals surface area (Å²) in [6.45, 7) is 0.758. The van der Waals surface area contributed by atoms with Crippen molar-refractivity contribution < 1.29 is 0 Å². The van der Waals surface area contributed by atoms with Crippen LogP contribution < -0.4 is 11.1 Å². The maximum absolute atomic E-state index is 5.67. The first-order chi connectivity index (χ1) is 8.70. The summed E-state index contributed by atoms with van der Waals surface area (Å²) in [6, 6.07) is 3.98. The summed E-state index contributed by atoms with van der Waals surface area (Å²) in [5.41, 5.74) is 7.19. The molecule has 1 aliphatic carbocycles. The number of aromatic nitrogens is 2. The Labute approximate surface area is 118 Å². The molecule has 2 aromatic heterocycles. The summed E-state index contributed by atoms with van der Waals surface area (Å²) in [6.07, 6.45) is 3.77. The highest BCUT2D eigenvalue weighted by atomic mass is 79.9. The first-order valence-electron chi connectivity index (χ1n) is 5.85. The van der Waals surface area contributed by atoms with Crippen LogP contribution in [0.25, 0.3) is 0 Å². The van der Waals surface area contributed by atoms with Gasteiger partial charge in [0.05, 0.1) is 6.54 Å². The van der Waals surface area contributed by atoms with E-state index in [-0.39, 0.29) is 0 Å². The molecular formula is C12H13BrN4S. The zero-order valence-corrected chi connectivity index (χ0v) is 12.1. The Kier molecular flexibility index (Phi) is 3.22. The maximum Gasteiger partial charge on any atom is 0.226 e. The molecule has 0 radical (unpaired) electrons. The van der Waals surface area contributed by atoms with Crippen molar-refractivity contribution in [3.05, 3.63) is 32.1 Å². The lowest BCUT2D eigenvalue weighted by Crippen LogP contribution is -2.04. The minimum absolute atomic E-state index is 0.466. The number of fused-ring (bicyclic) bond motifs is 1. The molecule has 0 amide bonds. The van der Waals surface area contributed by atoms with Gasteiger partial charge in [-0.2, -0.15) is 4.98 Å². The predicted octanol–water partition coefficient (Wildman–Crippen LogP) is 2.98. The lowest BCUT2D eigenvalue weighted by molar-refractivity contribution is 0.913. The third-order valence-electron chi connectivity index (χ3n) is 2.93. The highest BCUT2D eigenvalue weighted by Crippen LogP contribution is 2.30. The standard InChI is InChI=1S/C12H13BrN4S/c13-10-5-11(14)17-12(16-10)15-6-8-4-7-2-1-3-9(7)18-8/h4-5H,1-3,6H2,(H3,14,15,16,17). The molecule has 0 bridgehead atoms. The highest BCUT2D eigenvalue weighted by Gasteiger charge is 2.14. The van der Waals surface area contributed by atoms with Crippen LogP contribution in [0.15, 0.2) is 16.7 Å². The normalized spacial score (nSPS) is 13.6. The van der Waals surface area contributed by atoms with Gasteiger partial charge in [-0.05, 0) is 46.8 Å². The fourth-order valence-corrected chi connectivity index (χ4v) is 3.76. The van der Waals surface area contributed by atoms with Gasteiger partial charge in [0.2, 0.25) is 5.95 Å². The highest BCUT2D eigenvalue weighted by molar-refractivity contribution is 9.10. The van der Waals surface area contributed by atoms with Crippen molar-refractivity contribution in [2.24, 2.45) is 0 Å². The van der Waals surface area contributed by atoms with E-state index in [1.54, 1.807) is 10.9 Å². The third-order valence-corrected chi connectivity index (χ3v) is 4.58. The Balaban J connectivity index is 1.70. The van der Waals surface area contributed by atoms with E-state index in [9.17, 15) is 0 Å². The number of nitrogens with one attached hydrogen (secondary N) is 1. The summed E-state index contributed by atoms with van der Waals surface area (Å²) in [4.78, 5) is 11.3. The molecule has 0 fully saturated rings. The molecule has 0 aliphatic heterocycles. The Morgan fingerprint density at radius 2 is 2.22 bits per heavy atom. The van der Waals surface area contributed by atoms with Crippen LogP contribution in [0.1, 0.15) is 21.7 Å². The molecule has 0 saturated heterocycles. The van der Waals surface area contributed by atoms with E-state index < -0.39 is 0 Å². The molecule has 1 aliphatic rings. The van der Waals surface area contributed by atoms with Crippen molar-refractivity contribution >= 4 is 39.0 Å². The van der Waals surface area contributed by atoms with Crippen molar-refractivity contribution in [1.82, 2.24) is 9.97 Å². The number of nitrogens with zero attached hydrogens (tertiary/aromatic N) is 2. The van der Waals surface area contributed by atoms with E-state index in [1.807, 2.05) is 11.3 Å². The van der Waals surface area contributed by atoms with Crippen molar-refractivity contribution in [2.75, 3.05) is 11.1 Å². The van der Waals surface area contributed by atoms with E-state index >= 15 is 0 Å². The van der Waals surface area contributed by atoms with E-state index in [0.29, 0.717) is 16.4 Å². The number of hydrogen-bond acceptors (Lipinski definition) is 5. The van der Waals surface area contributed by atoms with E-state index in [4.69, 9.17) is 5.73 Å². The SMILES string of the molecule is Nc1cc(Br)nc(NCc2cc3c(s2)CCC3)n1. The lowest BCUT2D eigenvalue weighted by Gasteiger charge is -2.04. The van der Waals surface area contributed by atoms with Crippen LogP contribution >= 0.6 is 27.3 Å². The second-order valence-corrected chi connectivity index (χ2v) is 6.34. The van der Waals surface area contributed by atoms with Crippen molar-refractivity contribution in [3.63, 3.8) is 0 Å². The summed E-state index contributed by atoms with van der Waals surface area (Å²) in [5, 5.41) is 3.21. The minimum atomic E-state index is 0.466. The van der Waals surface area contributed by atoms with Gasteiger partial charge in [0.25, 0.3) is 0 Å². The molecule has 4 nitrogen and oxygen atoms in total. The summed E-state index contributed by atoms with van der Waals surface area (Å²) in [5.74, 6) is 1.03. The van der Waals surface area contributed by atoms with Crippen molar-refractivity contribution in [2.45, 2.75) is 25.8 Å². The number of nitrogens with two attached hydrogens (primary N) is 1. The van der Waals surface area contributed by atoms with Crippen LogP contribution in [0.2, 0.25) is 0 Å². The van der Waals surface area contributed by atoms with Crippen molar-refractivity contribution in [1.29, 1.82) is 0 Å². The summed E-state index contributed by atoms with van der Waals surface area (Å²) >= 11 is 5.20. The van der Waals surface area contributed by atoms with Crippen LogP contribution in [-0.4, -0.2) is 9.97 Å². The quantitative estimate of drug-likeness (QED) is 0.852. The zero-order chi connectivity index (χ0) is 12.5. The fraction of sp³-hybridized carbons (Fsp3) is 0.333. The van der Waals surface area contributed by atoms with Crippen LogP contribution in [-0.2, 0) is 19.4 Å². The predicted molar refractivity (Wildman–Crippen MR) is 77.8 cm³/mol. The Morgan fingerprint density at radius 1 is 1.33 bits per heavy atom. The van der Waals surface area contributed by atoms with Gasteiger partial charge in [0.1, 0.15) is 10.4 Å². The van der Waals surface area contributed by atoms with Gasteiger partial charge < -0.3 is 11.1 Å². The monoisotopic (exact) mass is 324 g/mol. The van der Waals surface area contributed by atoms with Gasteiger partial charge in [-0.1, -0.05) is 0 Å². The van der Waals surface area contributed by atoms with Gasteiger partial charge >= 0.3 is 0 Å². The van der Waals surface area contributed by atoms with Gasteiger partial charge in [0, 0.05) is 15.8 Å². The Bertz CT molecular complexity index is 540. The summed E-state index contributed by atoms with van der Waals surface area (Å²) < 4.78 is 0.700. The average molecular weight is 325 g/mol. The second kappa shape index (κ2) is 4.85. The number of nitrogen functional groups attached to an aromatic ring is 1. The third kappa shape index (κ3) is 2.49.